The molecule has 0 aliphatic carbocycles. The van der Waals surface area contributed by atoms with E-state index in [-0.39, 0.29) is 24.3 Å². The van der Waals surface area contributed by atoms with Gasteiger partial charge in [-0.15, -0.1) is 11.8 Å². The maximum atomic E-state index is 12.0. The Morgan fingerprint density at radius 1 is 1.57 bits per heavy atom. The summed E-state index contributed by atoms with van der Waals surface area (Å²) in [5, 5.41) is 5.72. The number of methoxy groups -OCH3 is 1. The number of ether oxygens (including phenoxy) is 1. The molecule has 2 amide bonds. The number of rotatable bonds is 5. The Hall–Kier alpha value is -1.24. The van der Waals surface area contributed by atoms with Crippen LogP contribution in [-0.2, 0) is 14.3 Å². The Bertz CT molecular complexity index is 553. The predicted octanol–water partition coefficient (Wildman–Crippen LogP) is 2.29. The van der Waals surface area contributed by atoms with Gasteiger partial charge in [0, 0.05) is 29.5 Å². The smallest absolute Gasteiger partial charge is 0.238 e. The first kappa shape index (κ1) is 16.1. The zero-order valence-corrected chi connectivity index (χ0v) is 13.4. The Kier molecular flexibility index (Phi) is 5.50. The molecule has 7 heteroatoms. The van der Waals surface area contributed by atoms with Gasteiger partial charge in [-0.3, -0.25) is 9.59 Å². The van der Waals surface area contributed by atoms with Crippen LogP contribution in [0.5, 0.6) is 0 Å². The zero-order valence-electron chi connectivity index (χ0n) is 11.8. The Labute approximate surface area is 132 Å². The van der Waals surface area contributed by atoms with Gasteiger partial charge in [0.2, 0.25) is 11.8 Å². The van der Waals surface area contributed by atoms with Gasteiger partial charge in [0.1, 0.15) is 0 Å². The highest BCUT2D eigenvalue weighted by atomic mass is 35.5. The maximum absolute atomic E-state index is 12.0. The van der Waals surface area contributed by atoms with E-state index in [0.717, 1.165) is 4.90 Å². The van der Waals surface area contributed by atoms with Crippen molar-refractivity contribution in [3.63, 3.8) is 0 Å². The standard InChI is InChI=1S/C14H17ClN2O3S/c1-8(7-20-2)16-13(18)6-12-14(19)17-10-5-9(15)3-4-11(10)21-12/h3-5,8,12H,6-7H2,1-2H3,(H,16,18)(H,17,19)/t8-,12-/m0/s1. The van der Waals surface area contributed by atoms with Crippen molar-refractivity contribution in [1.82, 2.24) is 5.32 Å². The van der Waals surface area contributed by atoms with E-state index in [0.29, 0.717) is 17.3 Å². The summed E-state index contributed by atoms with van der Waals surface area (Å²) in [4.78, 5) is 24.9. The van der Waals surface area contributed by atoms with Crippen LogP contribution in [0.15, 0.2) is 23.1 Å². The number of nitrogens with one attached hydrogen (secondary N) is 2. The third kappa shape index (κ3) is 4.36. The molecule has 5 nitrogen and oxygen atoms in total. The van der Waals surface area contributed by atoms with Gasteiger partial charge >= 0.3 is 0 Å². The van der Waals surface area contributed by atoms with Gasteiger partial charge in [-0.25, -0.2) is 0 Å². The average molecular weight is 329 g/mol. The van der Waals surface area contributed by atoms with E-state index in [1.807, 2.05) is 13.0 Å². The summed E-state index contributed by atoms with van der Waals surface area (Å²) >= 11 is 7.28. The number of halogens is 1. The lowest BCUT2D eigenvalue weighted by atomic mass is 10.2. The molecule has 0 bridgehead atoms. The van der Waals surface area contributed by atoms with Gasteiger partial charge in [0.05, 0.1) is 17.5 Å². The van der Waals surface area contributed by atoms with Crippen LogP contribution in [0.3, 0.4) is 0 Å². The Balaban J connectivity index is 1.97. The van der Waals surface area contributed by atoms with Crippen molar-refractivity contribution in [2.24, 2.45) is 0 Å². The van der Waals surface area contributed by atoms with E-state index in [4.69, 9.17) is 16.3 Å². The third-order valence-corrected chi connectivity index (χ3v) is 4.47. The molecule has 0 fully saturated rings. The fourth-order valence-corrected chi connectivity index (χ4v) is 3.31. The molecule has 0 radical (unpaired) electrons. The second kappa shape index (κ2) is 7.15. The van der Waals surface area contributed by atoms with Crippen molar-refractivity contribution < 1.29 is 14.3 Å². The number of hydrogen-bond acceptors (Lipinski definition) is 4. The highest BCUT2D eigenvalue weighted by Gasteiger charge is 2.29. The molecule has 0 saturated carbocycles. The lowest BCUT2D eigenvalue weighted by Crippen LogP contribution is -2.39. The summed E-state index contributed by atoms with van der Waals surface area (Å²) in [5.74, 6) is -0.339. The average Bonchev–Trinajstić information content (AvgIpc) is 2.40. The second-order valence-electron chi connectivity index (χ2n) is 4.86. The number of thioether (sulfide) groups is 1. The number of hydrogen-bond donors (Lipinski definition) is 2. The molecule has 1 aromatic rings. The molecule has 1 aliphatic heterocycles. The third-order valence-electron chi connectivity index (χ3n) is 2.96. The molecular formula is C14H17ClN2O3S. The van der Waals surface area contributed by atoms with Gasteiger partial charge < -0.3 is 15.4 Å². The normalized spacial score (nSPS) is 18.6. The topological polar surface area (TPSA) is 67.4 Å². The minimum Gasteiger partial charge on any atom is -0.383 e. The van der Waals surface area contributed by atoms with E-state index in [1.54, 1.807) is 19.2 Å². The summed E-state index contributed by atoms with van der Waals surface area (Å²) in [5.41, 5.74) is 0.696. The van der Waals surface area contributed by atoms with Crippen molar-refractivity contribution in [3.8, 4) is 0 Å². The van der Waals surface area contributed by atoms with E-state index >= 15 is 0 Å². The predicted molar refractivity (Wildman–Crippen MR) is 83.8 cm³/mol. The van der Waals surface area contributed by atoms with Crippen LogP contribution >= 0.6 is 23.4 Å². The molecule has 1 aromatic carbocycles. The summed E-state index contributed by atoms with van der Waals surface area (Å²) in [6.45, 7) is 2.30. The first-order valence-electron chi connectivity index (χ1n) is 6.55. The fraction of sp³-hybridized carbons (Fsp3) is 0.429. The van der Waals surface area contributed by atoms with Gasteiger partial charge in [0.25, 0.3) is 0 Å². The lowest BCUT2D eigenvalue weighted by molar-refractivity contribution is -0.124. The molecule has 0 spiro atoms. The number of amides is 2. The van der Waals surface area contributed by atoms with Gasteiger partial charge in [-0.2, -0.15) is 0 Å². The van der Waals surface area contributed by atoms with Crippen molar-refractivity contribution >= 4 is 40.9 Å². The summed E-state index contributed by atoms with van der Waals surface area (Å²) in [7, 11) is 1.58. The Morgan fingerprint density at radius 2 is 2.33 bits per heavy atom. The number of benzene rings is 1. The number of anilines is 1. The molecule has 0 aromatic heterocycles. The van der Waals surface area contributed by atoms with E-state index in [9.17, 15) is 9.59 Å². The molecule has 0 unspecified atom stereocenters. The number of carbonyl (C=O) groups is 2. The van der Waals surface area contributed by atoms with Gasteiger partial charge in [-0.1, -0.05) is 11.6 Å². The largest absolute Gasteiger partial charge is 0.383 e. The van der Waals surface area contributed by atoms with Crippen LogP contribution in [0, 0.1) is 0 Å². The molecule has 21 heavy (non-hydrogen) atoms. The molecule has 114 valence electrons. The zero-order chi connectivity index (χ0) is 15.4. The summed E-state index contributed by atoms with van der Waals surface area (Å²) in [6.07, 6.45) is 0.132. The van der Waals surface area contributed by atoms with Crippen molar-refractivity contribution in [1.29, 1.82) is 0 Å². The van der Waals surface area contributed by atoms with Crippen LogP contribution in [-0.4, -0.2) is 36.8 Å². The molecule has 1 aliphatic rings. The molecule has 1 heterocycles. The van der Waals surface area contributed by atoms with E-state index in [2.05, 4.69) is 10.6 Å². The van der Waals surface area contributed by atoms with Crippen LogP contribution in [0.25, 0.3) is 0 Å². The number of carbonyl (C=O) groups excluding carboxylic acids is 2. The number of fused-ring (bicyclic) bond motifs is 1. The monoisotopic (exact) mass is 328 g/mol. The first-order valence-corrected chi connectivity index (χ1v) is 7.80. The summed E-state index contributed by atoms with van der Waals surface area (Å²) in [6, 6.07) is 5.24. The fourth-order valence-electron chi connectivity index (χ4n) is 2.05. The highest BCUT2D eigenvalue weighted by Crippen LogP contribution is 2.38. The van der Waals surface area contributed by atoms with Crippen LogP contribution in [0.2, 0.25) is 5.02 Å². The van der Waals surface area contributed by atoms with Crippen molar-refractivity contribution in [2.45, 2.75) is 29.5 Å². The van der Waals surface area contributed by atoms with E-state index < -0.39 is 5.25 Å². The molecule has 2 rings (SSSR count). The highest BCUT2D eigenvalue weighted by molar-refractivity contribution is 8.01. The minimum atomic E-state index is -0.437. The first-order chi connectivity index (χ1) is 9.99. The van der Waals surface area contributed by atoms with Gasteiger partial charge in [-0.05, 0) is 25.1 Å². The lowest BCUT2D eigenvalue weighted by Gasteiger charge is -2.24. The van der Waals surface area contributed by atoms with Crippen molar-refractivity contribution in [2.75, 3.05) is 19.0 Å². The van der Waals surface area contributed by atoms with Crippen LogP contribution in [0.1, 0.15) is 13.3 Å². The Morgan fingerprint density at radius 3 is 3.05 bits per heavy atom. The van der Waals surface area contributed by atoms with Crippen LogP contribution < -0.4 is 10.6 Å². The second-order valence-corrected chi connectivity index (χ2v) is 6.55. The summed E-state index contributed by atoms with van der Waals surface area (Å²) < 4.78 is 4.96. The van der Waals surface area contributed by atoms with Crippen LogP contribution in [0.4, 0.5) is 5.69 Å². The minimum absolute atomic E-state index is 0.0785. The van der Waals surface area contributed by atoms with Crippen molar-refractivity contribution in [3.05, 3.63) is 23.2 Å². The van der Waals surface area contributed by atoms with E-state index in [1.165, 1.54) is 11.8 Å². The SMILES string of the molecule is COC[C@H](C)NC(=O)C[C@@H]1Sc2ccc(Cl)cc2NC1=O. The molecule has 2 N–H and O–H groups in total. The quantitative estimate of drug-likeness (QED) is 0.870. The molecular weight excluding hydrogens is 312 g/mol. The maximum Gasteiger partial charge on any atom is 0.238 e. The van der Waals surface area contributed by atoms with Gasteiger partial charge in [0.15, 0.2) is 0 Å². The molecule has 0 saturated heterocycles. The molecule has 2 atom stereocenters.